The molecular weight excluding hydrogens is 204 g/mol. The molecule has 1 N–H and O–H groups in total. The van der Waals surface area contributed by atoms with Crippen molar-refractivity contribution in [2.45, 2.75) is 32.6 Å². The average Bonchev–Trinajstić information content (AvgIpc) is 2.30. The van der Waals surface area contributed by atoms with Crippen molar-refractivity contribution in [3.63, 3.8) is 0 Å². The first-order chi connectivity index (χ1) is 7.77. The van der Waals surface area contributed by atoms with Gasteiger partial charge in [-0.1, -0.05) is 26.2 Å². The van der Waals surface area contributed by atoms with E-state index in [1.54, 1.807) is 12.1 Å². The minimum absolute atomic E-state index is 0.0279. The number of phenolic OH excluding ortho intramolecular Hbond substituents is 1. The monoisotopic (exact) mass is 222 g/mol. The Hall–Kier alpha value is -1.51. The number of hydrogen-bond donors (Lipinski definition) is 1. The minimum atomic E-state index is 0.0279. The van der Waals surface area contributed by atoms with E-state index in [4.69, 9.17) is 4.74 Å². The summed E-state index contributed by atoms with van der Waals surface area (Å²) in [6, 6.07) is 4.67. The average molecular weight is 222 g/mol. The van der Waals surface area contributed by atoms with Gasteiger partial charge < -0.3 is 9.84 Å². The largest absolute Gasteiger partial charge is 0.504 e. The maximum atomic E-state index is 10.5. The van der Waals surface area contributed by atoms with Crippen molar-refractivity contribution in [3.8, 4) is 11.5 Å². The van der Waals surface area contributed by atoms with Crippen LogP contribution < -0.4 is 4.74 Å². The predicted molar refractivity (Wildman–Crippen MR) is 63.1 cm³/mol. The molecule has 3 heteroatoms. The number of rotatable bonds is 7. The van der Waals surface area contributed by atoms with E-state index in [9.17, 15) is 9.90 Å². The lowest BCUT2D eigenvalue weighted by molar-refractivity contribution is 0.112. The third kappa shape index (κ3) is 3.93. The molecule has 0 unspecified atom stereocenters. The highest BCUT2D eigenvalue weighted by Gasteiger charge is 2.02. The second-order valence-electron chi connectivity index (χ2n) is 3.75. The van der Waals surface area contributed by atoms with Gasteiger partial charge in [0.2, 0.25) is 0 Å². The van der Waals surface area contributed by atoms with Crippen LogP contribution in [0.2, 0.25) is 0 Å². The van der Waals surface area contributed by atoms with Gasteiger partial charge >= 0.3 is 0 Å². The van der Waals surface area contributed by atoms with Crippen LogP contribution in [0, 0.1) is 0 Å². The molecule has 0 aliphatic carbocycles. The fraction of sp³-hybridized carbons (Fsp3) is 0.462. The van der Waals surface area contributed by atoms with E-state index in [0.717, 1.165) is 12.8 Å². The first-order valence-electron chi connectivity index (χ1n) is 5.69. The molecule has 0 radical (unpaired) electrons. The van der Waals surface area contributed by atoms with E-state index in [1.165, 1.54) is 18.9 Å². The Morgan fingerprint density at radius 3 is 2.75 bits per heavy atom. The predicted octanol–water partition coefficient (Wildman–Crippen LogP) is 3.16. The molecule has 1 aromatic rings. The zero-order chi connectivity index (χ0) is 11.8. The van der Waals surface area contributed by atoms with Gasteiger partial charge in [0.15, 0.2) is 11.5 Å². The quantitative estimate of drug-likeness (QED) is 0.569. The van der Waals surface area contributed by atoms with E-state index in [1.807, 2.05) is 0 Å². The fourth-order valence-electron chi connectivity index (χ4n) is 1.44. The van der Waals surface area contributed by atoms with Crippen LogP contribution in [-0.2, 0) is 0 Å². The van der Waals surface area contributed by atoms with Crippen molar-refractivity contribution in [2.24, 2.45) is 0 Å². The van der Waals surface area contributed by atoms with Gasteiger partial charge in [-0.05, 0) is 24.6 Å². The Labute approximate surface area is 96.1 Å². The number of unbranched alkanes of at least 4 members (excludes halogenated alkanes) is 3. The van der Waals surface area contributed by atoms with Crippen molar-refractivity contribution < 1.29 is 14.6 Å². The first-order valence-corrected chi connectivity index (χ1v) is 5.69. The van der Waals surface area contributed by atoms with Gasteiger partial charge in [0.25, 0.3) is 0 Å². The lowest BCUT2D eigenvalue weighted by Crippen LogP contribution is -1.97. The zero-order valence-electron chi connectivity index (χ0n) is 9.61. The Kier molecular flexibility index (Phi) is 5.40. The third-order valence-electron chi connectivity index (χ3n) is 2.37. The maximum absolute atomic E-state index is 10.5. The number of carbonyl (C=O) groups excluding carboxylic acids is 1. The molecule has 0 saturated heterocycles. The van der Waals surface area contributed by atoms with Crippen LogP contribution in [0.25, 0.3) is 0 Å². The normalized spacial score (nSPS) is 10.1. The van der Waals surface area contributed by atoms with Crippen LogP contribution in [0.15, 0.2) is 18.2 Å². The molecule has 88 valence electrons. The number of benzene rings is 1. The molecule has 1 aromatic carbocycles. The first kappa shape index (κ1) is 12.6. The highest BCUT2D eigenvalue weighted by Crippen LogP contribution is 2.26. The van der Waals surface area contributed by atoms with Crippen LogP contribution in [0.4, 0.5) is 0 Å². The molecule has 0 bridgehead atoms. The summed E-state index contributed by atoms with van der Waals surface area (Å²) in [5, 5.41) is 9.54. The van der Waals surface area contributed by atoms with Gasteiger partial charge in [-0.15, -0.1) is 0 Å². The second kappa shape index (κ2) is 6.88. The molecule has 0 aliphatic rings. The molecule has 0 spiro atoms. The van der Waals surface area contributed by atoms with E-state index < -0.39 is 0 Å². The molecule has 16 heavy (non-hydrogen) atoms. The van der Waals surface area contributed by atoms with Crippen LogP contribution >= 0.6 is 0 Å². The number of phenols is 1. The standard InChI is InChI=1S/C13H18O3/c1-2-3-4-5-8-16-13-7-6-11(10-14)9-12(13)15/h6-7,9-10,15H,2-5,8H2,1H3. The molecule has 0 amide bonds. The van der Waals surface area contributed by atoms with E-state index in [0.29, 0.717) is 24.2 Å². The summed E-state index contributed by atoms with van der Waals surface area (Å²) >= 11 is 0. The highest BCUT2D eigenvalue weighted by atomic mass is 16.5. The van der Waals surface area contributed by atoms with E-state index >= 15 is 0 Å². The summed E-state index contributed by atoms with van der Waals surface area (Å²) < 4.78 is 5.42. The Morgan fingerprint density at radius 1 is 1.31 bits per heavy atom. The SMILES string of the molecule is CCCCCCOc1ccc(C=O)cc1O. The molecule has 0 aliphatic heterocycles. The Morgan fingerprint density at radius 2 is 2.12 bits per heavy atom. The summed E-state index contributed by atoms with van der Waals surface area (Å²) in [4.78, 5) is 10.5. The summed E-state index contributed by atoms with van der Waals surface area (Å²) in [5.74, 6) is 0.474. The van der Waals surface area contributed by atoms with Crippen molar-refractivity contribution >= 4 is 6.29 Å². The molecular formula is C13H18O3. The molecule has 0 aromatic heterocycles. The van der Waals surface area contributed by atoms with Crippen molar-refractivity contribution in [1.82, 2.24) is 0 Å². The minimum Gasteiger partial charge on any atom is -0.504 e. The van der Waals surface area contributed by atoms with Crippen molar-refractivity contribution in [2.75, 3.05) is 6.61 Å². The smallest absolute Gasteiger partial charge is 0.160 e. The molecule has 0 heterocycles. The molecule has 3 nitrogen and oxygen atoms in total. The molecule has 0 saturated carbocycles. The fourth-order valence-corrected chi connectivity index (χ4v) is 1.44. The molecule has 0 fully saturated rings. The highest BCUT2D eigenvalue weighted by molar-refractivity contribution is 5.76. The number of aldehydes is 1. The molecule has 1 rings (SSSR count). The van der Waals surface area contributed by atoms with Crippen LogP contribution in [0.5, 0.6) is 11.5 Å². The van der Waals surface area contributed by atoms with Gasteiger partial charge in [-0.2, -0.15) is 0 Å². The van der Waals surface area contributed by atoms with Crippen molar-refractivity contribution in [3.05, 3.63) is 23.8 Å². The van der Waals surface area contributed by atoms with Crippen LogP contribution in [0.1, 0.15) is 43.0 Å². The topological polar surface area (TPSA) is 46.5 Å². The molecule has 0 atom stereocenters. The van der Waals surface area contributed by atoms with Gasteiger partial charge in [-0.25, -0.2) is 0 Å². The van der Waals surface area contributed by atoms with E-state index in [-0.39, 0.29) is 5.75 Å². The van der Waals surface area contributed by atoms with Gasteiger partial charge in [0.1, 0.15) is 6.29 Å². The summed E-state index contributed by atoms with van der Waals surface area (Å²) in [6.07, 6.45) is 5.23. The summed E-state index contributed by atoms with van der Waals surface area (Å²) in [7, 11) is 0. The number of ether oxygens (including phenoxy) is 1. The summed E-state index contributed by atoms with van der Waals surface area (Å²) in [6.45, 7) is 2.76. The maximum Gasteiger partial charge on any atom is 0.160 e. The number of carbonyl (C=O) groups is 1. The van der Waals surface area contributed by atoms with Crippen LogP contribution in [-0.4, -0.2) is 18.0 Å². The van der Waals surface area contributed by atoms with Gasteiger partial charge in [0.05, 0.1) is 6.61 Å². The van der Waals surface area contributed by atoms with Gasteiger partial charge in [-0.3, -0.25) is 4.79 Å². The Bertz CT molecular complexity index is 334. The van der Waals surface area contributed by atoms with Gasteiger partial charge in [0, 0.05) is 5.56 Å². The van der Waals surface area contributed by atoms with Crippen LogP contribution in [0.3, 0.4) is 0 Å². The zero-order valence-corrected chi connectivity index (χ0v) is 9.61. The lowest BCUT2D eigenvalue weighted by atomic mass is 10.2. The number of aromatic hydroxyl groups is 1. The third-order valence-corrected chi connectivity index (χ3v) is 2.37. The van der Waals surface area contributed by atoms with Crippen molar-refractivity contribution in [1.29, 1.82) is 0 Å². The van der Waals surface area contributed by atoms with E-state index in [2.05, 4.69) is 6.92 Å². The number of hydrogen-bond acceptors (Lipinski definition) is 3. The second-order valence-corrected chi connectivity index (χ2v) is 3.75. The summed E-state index contributed by atoms with van der Waals surface area (Å²) in [5.41, 5.74) is 0.454. The lowest BCUT2D eigenvalue weighted by Gasteiger charge is -2.07. The Balaban J connectivity index is 2.39.